The first kappa shape index (κ1) is 8.95. The summed E-state index contributed by atoms with van der Waals surface area (Å²) in [5.74, 6) is 1.28. The zero-order valence-corrected chi connectivity index (χ0v) is 8.45. The number of hydrogen-bond donors (Lipinski definition) is 2. The zero-order valence-electron chi connectivity index (χ0n) is 7.64. The highest BCUT2D eigenvalue weighted by molar-refractivity contribution is 7.10. The van der Waals surface area contributed by atoms with Crippen molar-refractivity contribution < 1.29 is 0 Å². The maximum absolute atomic E-state index is 5.48. The molecule has 2 heterocycles. The van der Waals surface area contributed by atoms with Gasteiger partial charge in [0.2, 0.25) is 0 Å². The molecule has 0 atom stereocenters. The van der Waals surface area contributed by atoms with Gasteiger partial charge in [-0.1, -0.05) is 0 Å². The zero-order chi connectivity index (χ0) is 9.97. The van der Waals surface area contributed by atoms with Crippen LogP contribution in [-0.2, 0) is 13.6 Å². The van der Waals surface area contributed by atoms with Crippen LogP contribution in [0.4, 0.5) is 10.8 Å². The second-order valence-electron chi connectivity index (χ2n) is 2.80. The van der Waals surface area contributed by atoms with Gasteiger partial charge in [0.05, 0.1) is 6.54 Å². The lowest BCUT2D eigenvalue weighted by Gasteiger charge is -1.96. The summed E-state index contributed by atoms with van der Waals surface area (Å²) in [4.78, 5) is 4.08. The SMILES string of the molecule is Cn1cnc(CNc2cc(N)ns2)n1. The van der Waals surface area contributed by atoms with Gasteiger partial charge in [0.25, 0.3) is 0 Å². The fourth-order valence-electron chi connectivity index (χ4n) is 1.00. The largest absolute Gasteiger partial charge is 0.383 e. The highest BCUT2D eigenvalue weighted by Gasteiger charge is 2.00. The molecule has 7 heteroatoms. The molecule has 0 bridgehead atoms. The van der Waals surface area contributed by atoms with Crippen molar-refractivity contribution in [2.24, 2.45) is 7.05 Å². The van der Waals surface area contributed by atoms with Crippen molar-refractivity contribution in [3.05, 3.63) is 18.2 Å². The maximum Gasteiger partial charge on any atom is 0.169 e. The second-order valence-corrected chi connectivity index (χ2v) is 3.61. The van der Waals surface area contributed by atoms with Crippen molar-refractivity contribution in [3.8, 4) is 0 Å². The van der Waals surface area contributed by atoms with E-state index in [1.807, 2.05) is 7.05 Å². The van der Waals surface area contributed by atoms with Gasteiger partial charge in [0.1, 0.15) is 17.1 Å². The van der Waals surface area contributed by atoms with E-state index in [2.05, 4.69) is 19.8 Å². The molecule has 2 rings (SSSR count). The van der Waals surface area contributed by atoms with Gasteiger partial charge in [0, 0.05) is 13.1 Å². The lowest BCUT2D eigenvalue weighted by molar-refractivity contribution is 0.747. The minimum Gasteiger partial charge on any atom is -0.383 e. The standard InChI is InChI=1S/C7H10N6S/c1-13-4-10-6(11-13)3-9-7-2-5(8)12-14-7/h2,4,9H,3H2,1H3,(H2,8,12). The third-order valence-electron chi connectivity index (χ3n) is 1.60. The number of nitrogens with two attached hydrogens (primary N) is 1. The molecule has 0 saturated heterocycles. The van der Waals surface area contributed by atoms with E-state index in [1.165, 1.54) is 11.5 Å². The number of aryl methyl sites for hydroxylation is 1. The lowest BCUT2D eigenvalue weighted by Crippen LogP contribution is -2.00. The summed E-state index contributed by atoms with van der Waals surface area (Å²) in [6.07, 6.45) is 1.66. The molecular weight excluding hydrogens is 200 g/mol. The third-order valence-corrected chi connectivity index (χ3v) is 2.36. The van der Waals surface area contributed by atoms with Crippen molar-refractivity contribution in [1.29, 1.82) is 0 Å². The van der Waals surface area contributed by atoms with Crippen molar-refractivity contribution in [3.63, 3.8) is 0 Å². The van der Waals surface area contributed by atoms with Crippen LogP contribution in [0, 0.1) is 0 Å². The molecule has 0 unspecified atom stereocenters. The van der Waals surface area contributed by atoms with Crippen LogP contribution in [0.5, 0.6) is 0 Å². The summed E-state index contributed by atoms with van der Waals surface area (Å²) < 4.78 is 5.61. The Balaban J connectivity index is 1.94. The molecule has 0 aliphatic carbocycles. The summed E-state index contributed by atoms with van der Waals surface area (Å²) in [5, 5.41) is 8.19. The summed E-state index contributed by atoms with van der Waals surface area (Å²) >= 11 is 1.33. The van der Waals surface area contributed by atoms with Crippen molar-refractivity contribution in [2.75, 3.05) is 11.1 Å². The lowest BCUT2D eigenvalue weighted by atomic mass is 10.5. The smallest absolute Gasteiger partial charge is 0.169 e. The van der Waals surface area contributed by atoms with E-state index < -0.39 is 0 Å². The molecule has 2 aromatic heterocycles. The summed E-state index contributed by atoms with van der Waals surface area (Å²) in [5.41, 5.74) is 5.48. The molecule has 74 valence electrons. The molecule has 0 fully saturated rings. The van der Waals surface area contributed by atoms with E-state index in [1.54, 1.807) is 17.1 Å². The Hall–Kier alpha value is -1.63. The van der Waals surface area contributed by atoms with Gasteiger partial charge in [0.15, 0.2) is 5.82 Å². The third kappa shape index (κ3) is 1.99. The molecule has 3 N–H and O–H groups in total. The first-order valence-corrected chi connectivity index (χ1v) is 4.82. The Labute approximate surface area is 84.9 Å². The second kappa shape index (κ2) is 3.62. The average molecular weight is 210 g/mol. The van der Waals surface area contributed by atoms with Gasteiger partial charge in [-0.15, -0.1) is 0 Å². The number of anilines is 2. The molecular formula is C7H10N6S. The first-order chi connectivity index (χ1) is 6.74. The molecule has 0 amide bonds. The minimum atomic E-state index is 0.534. The van der Waals surface area contributed by atoms with E-state index >= 15 is 0 Å². The van der Waals surface area contributed by atoms with E-state index in [-0.39, 0.29) is 0 Å². The van der Waals surface area contributed by atoms with Gasteiger partial charge < -0.3 is 11.1 Å². The van der Waals surface area contributed by atoms with Crippen LogP contribution in [0.1, 0.15) is 5.82 Å². The fraction of sp³-hybridized carbons (Fsp3) is 0.286. The van der Waals surface area contributed by atoms with Gasteiger partial charge in [-0.3, -0.25) is 4.68 Å². The molecule has 0 aliphatic rings. The number of nitrogens with one attached hydrogen (secondary N) is 1. The van der Waals surface area contributed by atoms with Crippen LogP contribution >= 0.6 is 11.5 Å². The van der Waals surface area contributed by atoms with E-state index in [9.17, 15) is 0 Å². The van der Waals surface area contributed by atoms with Gasteiger partial charge >= 0.3 is 0 Å². The number of hydrogen-bond acceptors (Lipinski definition) is 6. The van der Waals surface area contributed by atoms with Crippen LogP contribution in [0.2, 0.25) is 0 Å². The van der Waals surface area contributed by atoms with Crippen LogP contribution in [-0.4, -0.2) is 19.1 Å². The van der Waals surface area contributed by atoms with Crippen molar-refractivity contribution >= 4 is 22.4 Å². The minimum absolute atomic E-state index is 0.534. The van der Waals surface area contributed by atoms with Crippen LogP contribution < -0.4 is 11.1 Å². The Morgan fingerprint density at radius 2 is 2.50 bits per heavy atom. The van der Waals surface area contributed by atoms with Gasteiger partial charge in [-0.2, -0.15) is 9.47 Å². The summed E-state index contributed by atoms with van der Waals surface area (Å²) in [6.45, 7) is 0.586. The monoisotopic (exact) mass is 210 g/mol. The Morgan fingerprint density at radius 1 is 1.64 bits per heavy atom. The van der Waals surface area contributed by atoms with Crippen molar-refractivity contribution in [1.82, 2.24) is 19.1 Å². The van der Waals surface area contributed by atoms with Crippen molar-refractivity contribution in [2.45, 2.75) is 6.54 Å². The molecule has 14 heavy (non-hydrogen) atoms. The molecule has 0 aromatic carbocycles. The molecule has 2 aromatic rings. The number of nitrogens with zero attached hydrogens (tertiary/aromatic N) is 4. The average Bonchev–Trinajstić information content (AvgIpc) is 2.72. The van der Waals surface area contributed by atoms with E-state index in [4.69, 9.17) is 5.73 Å². The Kier molecular flexibility index (Phi) is 2.32. The summed E-state index contributed by atoms with van der Waals surface area (Å²) in [7, 11) is 1.83. The number of rotatable bonds is 3. The Bertz CT molecular complexity index is 379. The maximum atomic E-state index is 5.48. The predicted octanol–water partition coefficient (Wildman–Crippen LogP) is 0.466. The summed E-state index contributed by atoms with van der Waals surface area (Å²) in [6, 6.07) is 1.79. The van der Waals surface area contributed by atoms with E-state index in [0.717, 1.165) is 10.8 Å². The van der Waals surface area contributed by atoms with Gasteiger partial charge in [-0.25, -0.2) is 4.98 Å². The normalized spacial score (nSPS) is 10.4. The molecule has 0 aliphatic heterocycles. The fourth-order valence-corrected chi connectivity index (χ4v) is 1.57. The Morgan fingerprint density at radius 3 is 3.07 bits per heavy atom. The molecule has 0 saturated carbocycles. The molecule has 0 radical (unpaired) electrons. The van der Waals surface area contributed by atoms with Gasteiger partial charge in [-0.05, 0) is 11.5 Å². The number of nitrogen functional groups attached to an aromatic ring is 1. The first-order valence-electron chi connectivity index (χ1n) is 4.04. The van der Waals surface area contributed by atoms with Crippen LogP contribution in [0.25, 0.3) is 0 Å². The molecule has 0 spiro atoms. The van der Waals surface area contributed by atoms with Crippen LogP contribution in [0.3, 0.4) is 0 Å². The highest BCUT2D eigenvalue weighted by atomic mass is 32.1. The topological polar surface area (TPSA) is 81.7 Å². The number of aromatic nitrogens is 4. The molecule has 6 nitrogen and oxygen atoms in total. The highest BCUT2D eigenvalue weighted by Crippen LogP contribution is 2.17. The van der Waals surface area contributed by atoms with E-state index in [0.29, 0.717) is 12.4 Å². The van der Waals surface area contributed by atoms with Crippen LogP contribution in [0.15, 0.2) is 12.4 Å². The predicted molar refractivity (Wildman–Crippen MR) is 54.9 cm³/mol. The quantitative estimate of drug-likeness (QED) is 0.769.